The van der Waals surface area contributed by atoms with Crippen LogP contribution in [0.2, 0.25) is 0 Å². The van der Waals surface area contributed by atoms with Crippen molar-refractivity contribution in [3.8, 4) is 0 Å². The van der Waals surface area contributed by atoms with E-state index in [1.807, 2.05) is 42.5 Å². The molecule has 4 rings (SSSR count). The molecule has 2 aromatic carbocycles. The molecular formula is C21H20N4O2. The largest absolute Gasteiger partial charge is 0.349 e. The Kier molecular flexibility index (Phi) is 4.78. The third kappa shape index (κ3) is 3.65. The number of amides is 2. The van der Waals surface area contributed by atoms with E-state index in [2.05, 4.69) is 15.3 Å². The molecule has 0 aliphatic carbocycles. The van der Waals surface area contributed by atoms with Crippen molar-refractivity contribution in [1.29, 1.82) is 0 Å². The number of piperidine rings is 1. The van der Waals surface area contributed by atoms with Crippen LogP contribution in [0.25, 0.3) is 10.8 Å². The average Bonchev–Trinajstić information content (AvgIpc) is 2.74. The van der Waals surface area contributed by atoms with Crippen molar-refractivity contribution in [2.45, 2.75) is 18.9 Å². The van der Waals surface area contributed by atoms with Gasteiger partial charge in [0.2, 0.25) is 0 Å². The molecule has 1 fully saturated rings. The first kappa shape index (κ1) is 17.1. The summed E-state index contributed by atoms with van der Waals surface area (Å²) in [7, 11) is 0. The fourth-order valence-corrected chi connectivity index (χ4v) is 3.49. The Labute approximate surface area is 157 Å². The number of aromatic nitrogens is 2. The summed E-state index contributed by atoms with van der Waals surface area (Å²) in [5.41, 5.74) is 1.04. The monoisotopic (exact) mass is 360 g/mol. The lowest BCUT2D eigenvalue weighted by Crippen LogP contribution is -2.46. The van der Waals surface area contributed by atoms with Crippen LogP contribution in [-0.2, 0) is 0 Å². The number of hydrogen-bond donors (Lipinski definition) is 1. The van der Waals surface area contributed by atoms with E-state index < -0.39 is 0 Å². The summed E-state index contributed by atoms with van der Waals surface area (Å²) in [5.74, 6) is -0.174. The fourth-order valence-electron chi connectivity index (χ4n) is 3.49. The van der Waals surface area contributed by atoms with Crippen molar-refractivity contribution < 1.29 is 9.59 Å². The van der Waals surface area contributed by atoms with Crippen LogP contribution in [-0.4, -0.2) is 45.8 Å². The summed E-state index contributed by atoms with van der Waals surface area (Å²) in [6.45, 7) is 1.19. The zero-order chi connectivity index (χ0) is 18.6. The number of fused-ring (bicyclic) bond motifs is 1. The van der Waals surface area contributed by atoms with E-state index in [1.165, 1.54) is 12.4 Å². The highest BCUT2D eigenvalue weighted by atomic mass is 16.2. The Morgan fingerprint density at radius 2 is 1.78 bits per heavy atom. The Hall–Kier alpha value is -3.28. The molecule has 1 N–H and O–H groups in total. The van der Waals surface area contributed by atoms with Crippen LogP contribution < -0.4 is 5.32 Å². The molecule has 0 saturated carbocycles. The molecule has 2 amide bonds. The van der Waals surface area contributed by atoms with E-state index in [9.17, 15) is 9.59 Å². The van der Waals surface area contributed by atoms with Crippen LogP contribution in [0.4, 0.5) is 0 Å². The standard InChI is InChI=1S/C21H20N4O2/c26-20(18-7-3-5-15-4-1-2-6-17(15)18)24-16-8-12-25(13-9-16)21(27)19-14-22-10-11-23-19/h1-7,10-11,14,16H,8-9,12-13H2,(H,24,26). The van der Waals surface area contributed by atoms with E-state index in [4.69, 9.17) is 0 Å². The quantitative estimate of drug-likeness (QED) is 0.779. The zero-order valence-corrected chi connectivity index (χ0v) is 14.8. The summed E-state index contributed by atoms with van der Waals surface area (Å²) in [4.78, 5) is 35.0. The second-order valence-corrected chi connectivity index (χ2v) is 6.66. The molecule has 0 radical (unpaired) electrons. The SMILES string of the molecule is O=C(NC1CCN(C(=O)c2cnccn2)CC1)c1cccc2ccccc12. The van der Waals surface area contributed by atoms with Gasteiger partial charge in [-0.2, -0.15) is 0 Å². The predicted octanol–water partition coefficient (Wildman–Crippen LogP) is 2.66. The van der Waals surface area contributed by atoms with Gasteiger partial charge in [0.05, 0.1) is 6.20 Å². The van der Waals surface area contributed by atoms with Gasteiger partial charge >= 0.3 is 0 Å². The third-order valence-corrected chi connectivity index (χ3v) is 4.93. The van der Waals surface area contributed by atoms with Gasteiger partial charge in [-0.05, 0) is 29.7 Å². The number of rotatable bonds is 3. The second kappa shape index (κ2) is 7.53. The highest BCUT2D eigenvalue weighted by Crippen LogP contribution is 2.19. The molecule has 6 nitrogen and oxygen atoms in total. The van der Waals surface area contributed by atoms with Gasteiger partial charge in [-0.3, -0.25) is 14.6 Å². The number of nitrogens with zero attached hydrogens (tertiary/aromatic N) is 3. The van der Waals surface area contributed by atoms with Crippen LogP contribution in [0.15, 0.2) is 61.1 Å². The van der Waals surface area contributed by atoms with Gasteiger partial charge in [-0.25, -0.2) is 4.98 Å². The molecule has 0 atom stereocenters. The number of likely N-dealkylation sites (tertiary alicyclic amines) is 1. The van der Waals surface area contributed by atoms with E-state index in [0.29, 0.717) is 24.3 Å². The van der Waals surface area contributed by atoms with Gasteiger partial charge in [0.25, 0.3) is 11.8 Å². The first-order valence-corrected chi connectivity index (χ1v) is 9.06. The van der Waals surface area contributed by atoms with Crippen molar-refractivity contribution >= 4 is 22.6 Å². The Balaban J connectivity index is 1.39. The summed E-state index contributed by atoms with van der Waals surface area (Å²) in [5, 5.41) is 5.12. The average molecular weight is 360 g/mol. The topological polar surface area (TPSA) is 75.2 Å². The van der Waals surface area contributed by atoms with Crippen LogP contribution in [0.3, 0.4) is 0 Å². The lowest BCUT2D eigenvalue weighted by atomic mass is 10.0. The number of nitrogens with one attached hydrogen (secondary N) is 1. The van der Waals surface area contributed by atoms with Gasteiger partial charge < -0.3 is 10.2 Å². The fraction of sp³-hybridized carbons (Fsp3) is 0.238. The predicted molar refractivity (Wildman–Crippen MR) is 102 cm³/mol. The number of hydrogen-bond acceptors (Lipinski definition) is 4. The van der Waals surface area contributed by atoms with Crippen molar-refractivity contribution in [2.75, 3.05) is 13.1 Å². The summed E-state index contributed by atoms with van der Waals surface area (Å²) in [6.07, 6.45) is 6.00. The minimum Gasteiger partial charge on any atom is -0.349 e. The molecular weight excluding hydrogens is 340 g/mol. The zero-order valence-electron chi connectivity index (χ0n) is 14.8. The maximum absolute atomic E-state index is 12.8. The number of carbonyl (C=O) groups excluding carboxylic acids is 2. The van der Waals surface area contributed by atoms with Crippen LogP contribution in [0, 0.1) is 0 Å². The Bertz CT molecular complexity index is 961. The van der Waals surface area contributed by atoms with Crippen molar-refractivity contribution in [3.05, 3.63) is 72.3 Å². The molecule has 3 aromatic rings. The molecule has 0 unspecified atom stereocenters. The highest BCUT2D eigenvalue weighted by molar-refractivity contribution is 6.07. The normalized spacial score (nSPS) is 14.9. The van der Waals surface area contributed by atoms with Gasteiger partial charge in [-0.1, -0.05) is 36.4 Å². The minimum absolute atomic E-state index is 0.0578. The summed E-state index contributed by atoms with van der Waals surface area (Å²) >= 11 is 0. The maximum atomic E-state index is 12.8. The first-order chi connectivity index (χ1) is 13.2. The molecule has 6 heteroatoms. The number of benzene rings is 2. The Morgan fingerprint density at radius 3 is 2.56 bits per heavy atom. The smallest absolute Gasteiger partial charge is 0.274 e. The lowest BCUT2D eigenvalue weighted by Gasteiger charge is -2.32. The van der Waals surface area contributed by atoms with E-state index in [1.54, 1.807) is 11.1 Å². The molecule has 1 aliphatic rings. The molecule has 27 heavy (non-hydrogen) atoms. The Morgan fingerprint density at radius 1 is 1.00 bits per heavy atom. The van der Waals surface area contributed by atoms with E-state index in [-0.39, 0.29) is 17.9 Å². The molecule has 136 valence electrons. The second-order valence-electron chi connectivity index (χ2n) is 6.66. The summed E-state index contributed by atoms with van der Waals surface area (Å²) in [6, 6.07) is 13.7. The van der Waals surface area contributed by atoms with Crippen molar-refractivity contribution in [1.82, 2.24) is 20.2 Å². The molecule has 0 bridgehead atoms. The van der Waals surface area contributed by atoms with Crippen molar-refractivity contribution in [2.24, 2.45) is 0 Å². The van der Waals surface area contributed by atoms with E-state index >= 15 is 0 Å². The minimum atomic E-state index is -0.109. The van der Waals surface area contributed by atoms with Crippen LogP contribution in [0.5, 0.6) is 0 Å². The molecule has 1 saturated heterocycles. The lowest BCUT2D eigenvalue weighted by molar-refractivity contribution is 0.0692. The summed E-state index contributed by atoms with van der Waals surface area (Å²) < 4.78 is 0. The highest BCUT2D eigenvalue weighted by Gasteiger charge is 2.25. The first-order valence-electron chi connectivity index (χ1n) is 9.06. The van der Waals surface area contributed by atoms with Gasteiger partial charge in [0.1, 0.15) is 5.69 Å². The van der Waals surface area contributed by atoms with Gasteiger partial charge in [-0.15, -0.1) is 0 Å². The number of carbonyl (C=O) groups is 2. The third-order valence-electron chi connectivity index (χ3n) is 4.93. The molecule has 0 spiro atoms. The van der Waals surface area contributed by atoms with Crippen molar-refractivity contribution in [3.63, 3.8) is 0 Å². The van der Waals surface area contributed by atoms with Crippen LogP contribution in [0.1, 0.15) is 33.7 Å². The molecule has 1 aromatic heterocycles. The van der Waals surface area contributed by atoms with Gasteiger partial charge in [0, 0.05) is 37.1 Å². The van der Waals surface area contributed by atoms with E-state index in [0.717, 1.165) is 23.6 Å². The molecule has 1 aliphatic heterocycles. The molecule has 2 heterocycles. The van der Waals surface area contributed by atoms with Crippen LogP contribution >= 0.6 is 0 Å². The maximum Gasteiger partial charge on any atom is 0.274 e. The van der Waals surface area contributed by atoms with Gasteiger partial charge in [0.15, 0.2) is 0 Å².